The zero-order chi connectivity index (χ0) is 21.1. The van der Waals surface area contributed by atoms with E-state index in [4.69, 9.17) is 0 Å². The van der Waals surface area contributed by atoms with E-state index in [1.54, 1.807) is 17.4 Å². The number of nitrogens with zero attached hydrogens (tertiary/aromatic N) is 2. The maximum Gasteiger partial charge on any atom is 0.311 e. The Hall–Kier alpha value is -2.74. The largest absolute Gasteiger partial charge is 0.502 e. The van der Waals surface area contributed by atoms with Gasteiger partial charge in [0.15, 0.2) is 5.75 Å². The van der Waals surface area contributed by atoms with Crippen LogP contribution in [0.15, 0.2) is 23.2 Å². The van der Waals surface area contributed by atoms with Crippen molar-refractivity contribution in [3.05, 3.63) is 49.9 Å². The first-order chi connectivity index (χ1) is 14.5. The topological polar surface area (TPSA) is 105 Å². The number of phenolic OH excluding ortho intramolecular Hbond substituents is 1. The van der Waals surface area contributed by atoms with E-state index in [-0.39, 0.29) is 23.4 Å². The molecule has 8 heteroatoms. The highest BCUT2D eigenvalue weighted by molar-refractivity contribution is 7.16. The smallest absolute Gasteiger partial charge is 0.311 e. The lowest BCUT2D eigenvalue weighted by Crippen LogP contribution is -2.36. The minimum atomic E-state index is -0.625. The Labute approximate surface area is 179 Å². The maximum atomic E-state index is 13.2. The Kier molecular flexibility index (Phi) is 6.13. The van der Waals surface area contributed by atoms with Gasteiger partial charge in [-0.25, -0.2) is 4.99 Å². The van der Waals surface area contributed by atoms with E-state index < -0.39 is 4.92 Å². The average molecular weight is 428 g/mol. The summed E-state index contributed by atoms with van der Waals surface area (Å²) in [5.41, 5.74) is 1.93. The predicted molar refractivity (Wildman–Crippen MR) is 117 cm³/mol. The number of rotatable bonds is 5. The number of hydrogen-bond donors (Lipinski definition) is 2. The van der Waals surface area contributed by atoms with Crippen LogP contribution in [-0.2, 0) is 12.8 Å². The summed E-state index contributed by atoms with van der Waals surface area (Å²) in [4.78, 5) is 29.4. The maximum absolute atomic E-state index is 13.2. The SMILES string of the molecule is O=C(NC1CCCCC1)c1c(/N=C\c2ccc(O)c([N+](=O)[O-])c2)sc2c1CCCC2. The summed E-state index contributed by atoms with van der Waals surface area (Å²) in [5.74, 6) is -0.429. The summed E-state index contributed by atoms with van der Waals surface area (Å²) in [6, 6.07) is 4.37. The molecule has 2 aromatic rings. The molecule has 0 unspecified atom stereocenters. The minimum Gasteiger partial charge on any atom is -0.502 e. The van der Waals surface area contributed by atoms with Crippen LogP contribution in [0, 0.1) is 10.1 Å². The van der Waals surface area contributed by atoms with Crippen molar-refractivity contribution in [2.75, 3.05) is 0 Å². The standard InChI is InChI=1S/C22H25N3O4S/c26-18-11-10-14(12-17(18)25(28)29)13-23-22-20(16-8-4-5-9-19(16)30-22)21(27)24-15-6-2-1-3-7-15/h10-13,15,26H,1-9H2,(H,24,27)/b23-13-. The molecule has 2 N–H and O–H groups in total. The second-order valence-electron chi connectivity index (χ2n) is 7.96. The molecule has 0 aliphatic heterocycles. The number of aryl methyl sites for hydroxylation is 1. The van der Waals surface area contributed by atoms with Crippen molar-refractivity contribution in [3.63, 3.8) is 0 Å². The molecule has 1 aromatic carbocycles. The number of carbonyl (C=O) groups excluding carboxylic acids is 1. The van der Waals surface area contributed by atoms with E-state index in [1.807, 2.05) is 0 Å². The lowest BCUT2D eigenvalue weighted by atomic mass is 9.93. The van der Waals surface area contributed by atoms with Crippen LogP contribution in [-0.4, -0.2) is 28.2 Å². The molecule has 1 heterocycles. The molecule has 2 aliphatic carbocycles. The first kappa shape index (κ1) is 20.5. The number of nitro groups is 1. The zero-order valence-electron chi connectivity index (χ0n) is 16.7. The van der Waals surface area contributed by atoms with Gasteiger partial charge in [-0.3, -0.25) is 14.9 Å². The zero-order valence-corrected chi connectivity index (χ0v) is 17.5. The molecule has 0 atom stereocenters. The fourth-order valence-electron chi connectivity index (χ4n) is 4.28. The molecule has 4 rings (SSSR count). The average Bonchev–Trinajstić information content (AvgIpc) is 3.12. The van der Waals surface area contributed by atoms with Crippen LogP contribution in [0.1, 0.15) is 71.3 Å². The summed E-state index contributed by atoms with van der Waals surface area (Å²) in [7, 11) is 0. The third kappa shape index (κ3) is 4.38. The molecule has 1 fully saturated rings. The van der Waals surface area contributed by atoms with Crippen LogP contribution >= 0.6 is 11.3 Å². The molecule has 1 aromatic heterocycles. The third-order valence-electron chi connectivity index (χ3n) is 5.85. The lowest BCUT2D eigenvalue weighted by Gasteiger charge is -2.23. The number of hydrogen-bond acceptors (Lipinski definition) is 6. The van der Waals surface area contributed by atoms with Crippen LogP contribution < -0.4 is 5.32 Å². The lowest BCUT2D eigenvalue weighted by molar-refractivity contribution is -0.385. The number of nitro benzene ring substituents is 1. The Balaban J connectivity index is 1.63. The van der Waals surface area contributed by atoms with Gasteiger partial charge in [0, 0.05) is 23.2 Å². The normalized spacial score (nSPS) is 17.1. The number of phenols is 1. The molecule has 0 bridgehead atoms. The first-order valence-electron chi connectivity index (χ1n) is 10.5. The molecule has 2 aliphatic rings. The van der Waals surface area contributed by atoms with Crippen molar-refractivity contribution < 1.29 is 14.8 Å². The number of aliphatic imine (C=N–C) groups is 1. The quantitative estimate of drug-likeness (QED) is 0.395. The van der Waals surface area contributed by atoms with E-state index >= 15 is 0 Å². The third-order valence-corrected chi connectivity index (χ3v) is 7.05. The Bertz CT molecular complexity index is 993. The number of thiophene rings is 1. The number of fused-ring (bicyclic) bond motifs is 1. The molecule has 7 nitrogen and oxygen atoms in total. The van der Waals surface area contributed by atoms with Crippen LogP contribution in [0.4, 0.5) is 10.7 Å². The van der Waals surface area contributed by atoms with Crippen LogP contribution in [0.25, 0.3) is 0 Å². The Morgan fingerprint density at radius 3 is 2.73 bits per heavy atom. The number of benzene rings is 1. The molecular weight excluding hydrogens is 402 g/mol. The molecule has 30 heavy (non-hydrogen) atoms. The van der Waals surface area contributed by atoms with E-state index in [0.717, 1.165) is 56.9 Å². The fourth-order valence-corrected chi connectivity index (χ4v) is 5.51. The van der Waals surface area contributed by atoms with Crippen LogP contribution in [0.2, 0.25) is 0 Å². The Morgan fingerprint density at radius 1 is 1.20 bits per heavy atom. The van der Waals surface area contributed by atoms with Gasteiger partial charge < -0.3 is 10.4 Å². The minimum absolute atomic E-state index is 0.0508. The van der Waals surface area contributed by atoms with Crippen molar-refractivity contribution in [1.82, 2.24) is 5.32 Å². The first-order valence-corrected chi connectivity index (χ1v) is 11.3. The van der Waals surface area contributed by atoms with Gasteiger partial charge in [-0.1, -0.05) is 19.3 Å². The van der Waals surface area contributed by atoms with E-state index in [2.05, 4.69) is 10.3 Å². The van der Waals surface area contributed by atoms with E-state index in [0.29, 0.717) is 16.1 Å². The number of amides is 1. The summed E-state index contributed by atoms with van der Waals surface area (Å²) >= 11 is 1.54. The van der Waals surface area contributed by atoms with E-state index in [9.17, 15) is 20.0 Å². The van der Waals surface area contributed by atoms with Gasteiger partial charge in [0.2, 0.25) is 0 Å². The second-order valence-corrected chi connectivity index (χ2v) is 9.05. The molecule has 1 amide bonds. The molecule has 0 radical (unpaired) electrons. The summed E-state index contributed by atoms with van der Waals surface area (Å²) in [6.45, 7) is 0. The number of nitrogens with one attached hydrogen (secondary N) is 1. The number of carbonyl (C=O) groups is 1. The molecule has 158 valence electrons. The van der Waals surface area contributed by atoms with Gasteiger partial charge in [-0.05, 0) is 61.8 Å². The van der Waals surface area contributed by atoms with Gasteiger partial charge >= 0.3 is 5.69 Å². The Morgan fingerprint density at radius 2 is 1.97 bits per heavy atom. The highest BCUT2D eigenvalue weighted by Crippen LogP contribution is 2.40. The summed E-state index contributed by atoms with van der Waals surface area (Å²) in [5, 5.41) is 24.6. The second kappa shape index (κ2) is 8.95. The number of aromatic hydroxyl groups is 1. The van der Waals surface area contributed by atoms with Gasteiger partial charge in [0.05, 0.1) is 10.5 Å². The molecule has 0 saturated heterocycles. The van der Waals surface area contributed by atoms with Gasteiger partial charge in [-0.15, -0.1) is 11.3 Å². The van der Waals surface area contributed by atoms with Gasteiger partial charge in [0.25, 0.3) is 5.91 Å². The van der Waals surface area contributed by atoms with Crippen molar-refractivity contribution in [2.45, 2.75) is 63.8 Å². The summed E-state index contributed by atoms with van der Waals surface area (Å²) < 4.78 is 0. The highest BCUT2D eigenvalue weighted by Gasteiger charge is 2.27. The van der Waals surface area contributed by atoms with Crippen molar-refractivity contribution >= 4 is 34.1 Å². The van der Waals surface area contributed by atoms with E-state index in [1.165, 1.54) is 29.6 Å². The predicted octanol–water partition coefficient (Wildman–Crippen LogP) is 5.05. The van der Waals surface area contributed by atoms with Crippen LogP contribution in [0.5, 0.6) is 5.75 Å². The van der Waals surface area contributed by atoms with Gasteiger partial charge in [-0.2, -0.15) is 0 Å². The molecule has 0 spiro atoms. The van der Waals surface area contributed by atoms with Crippen LogP contribution in [0.3, 0.4) is 0 Å². The van der Waals surface area contributed by atoms with Crippen molar-refractivity contribution in [3.8, 4) is 5.75 Å². The monoisotopic (exact) mass is 427 g/mol. The molecular formula is C22H25N3O4S. The van der Waals surface area contributed by atoms with Crippen molar-refractivity contribution in [2.24, 2.45) is 4.99 Å². The molecule has 1 saturated carbocycles. The van der Waals surface area contributed by atoms with Gasteiger partial charge in [0.1, 0.15) is 5.00 Å². The highest BCUT2D eigenvalue weighted by atomic mass is 32.1. The fraction of sp³-hybridized carbons (Fsp3) is 0.455. The van der Waals surface area contributed by atoms with Crippen molar-refractivity contribution in [1.29, 1.82) is 0 Å². The summed E-state index contributed by atoms with van der Waals surface area (Å²) in [6.07, 6.45) is 11.1.